The molecule has 1 atom stereocenters. The number of halogens is 1. The van der Waals surface area contributed by atoms with Gasteiger partial charge in [0.1, 0.15) is 0 Å². The number of hydrogen-bond acceptors (Lipinski definition) is 2. The first-order chi connectivity index (χ1) is 9.99. The lowest BCUT2D eigenvalue weighted by molar-refractivity contribution is 0.0981. The molecule has 108 valence electrons. The summed E-state index contributed by atoms with van der Waals surface area (Å²) in [4.78, 5) is 14.8. The summed E-state index contributed by atoms with van der Waals surface area (Å²) in [5.41, 5.74) is 10.1. The molecule has 3 nitrogen and oxygen atoms in total. The third-order valence-electron chi connectivity index (χ3n) is 4.04. The summed E-state index contributed by atoms with van der Waals surface area (Å²) >= 11 is 6.13. The van der Waals surface area contributed by atoms with Gasteiger partial charge in [0, 0.05) is 28.0 Å². The van der Waals surface area contributed by atoms with Crippen LogP contribution in [0, 0.1) is 6.92 Å². The summed E-state index contributed by atoms with van der Waals surface area (Å²) in [6.45, 7) is 3.92. The lowest BCUT2D eigenvalue weighted by Crippen LogP contribution is -2.36. The second kappa shape index (κ2) is 5.08. The van der Waals surface area contributed by atoms with Crippen molar-refractivity contribution in [3.63, 3.8) is 0 Å². The zero-order valence-electron chi connectivity index (χ0n) is 12.1. The number of amides is 1. The Morgan fingerprint density at radius 3 is 2.86 bits per heavy atom. The standard InChI is InChI=1S/C17H17ClN2O/c1-10-8-12-9-13(19)6-7-16(12)20(10)17(21)14-4-3-5-15(18)11(14)2/h3-7,9-10H,8,19H2,1-2H3. The molecule has 0 bridgehead atoms. The minimum atomic E-state index is -0.00831. The molecule has 0 aromatic heterocycles. The molecule has 0 aliphatic carbocycles. The van der Waals surface area contributed by atoms with E-state index in [1.165, 1.54) is 0 Å². The van der Waals surface area contributed by atoms with Crippen molar-refractivity contribution in [1.82, 2.24) is 0 Å². The van der Waals surface area contributed by atoms with E-state index in [-0.39, 0.29) is 11.9 Å². The van der Waals surface area contributed by atoms with Crippen molar-refractivity contribution in [2.45, 2.75) is 26.3 Å². The summed E-state index contributed by atoms with van der Waals surface area (Å²) < 4.78 is 0. The van der Waals surface area contributed by atoms with Gasteiger partial charge in [0.2, 0.25) is 0 Å². The fourth-order valence-electron chi connectivity index (χ4n) is 2.93. The first-order valence-electron chi connectivity index (χ1n) is 6.96. The number of nitrogen functional groups attached to an aromatic ring is 1. The highest BCUT2D eigenvalue weighted by molar-refractivity contribution is 6.32. The van der Waals surface area contributed by atoms with Crippen LogP contribution < -0.4 is 10.6 Å². The monoisotopic (exact) mass is 300 g/mol. The van der Waals surface area contributed by atoms with Crippen LogP contribution in [-0.2, 0) is 6.42 Å². The minimum Gasteiger partial charge on any atom is -0.399 e. The van der Waals surface area contributed by atoms with Gasteiger partial charge in [-0.25, -0.2) is 0 Å². The van der Waals surface area contributed by atoms with Crippen molar-refractivity contribution in [2.24, 2.45) is 0 Å². The largest absolute Gasteiger partial charge is 0.399 e. The summed E-state index contributed by atoms with van der Waals surface area (Å²) in [6, 6.07) is 11.3. The third kappa shape index (κ3) is 2.28. The number of rotatable bonds is 1. The molecule has 0 fully saturated rings. The normalized spacial score (nSPS) is 16.9. The predicted molar refractivity (Wildman–Crippen MR) is 87.0 cm³/mol. The Kier molecular flexibility index (Phi) is 3.38. The molecule has 2 aromatic rings. The smallest absolute Gasteiger partial charge is 0.258 e. The van der Waals surface area contributed by atoms with Gasteiger partial charge in [-0.2, -0.15) is 0 Å². The average molecular weight is 301 g/mol. The van der Waals surface area contributed by atoms with Crippen molar-refractivity contribution >= 4 is 28.9 Å². The molecule has 1 amide bonds. The van der Waals surface area contributed by atoms with E-state index in [4.69, 9.17) is 17.3 Å². The quantitative estimate of drug-likeness (QED) is 0.814. The van der Waals surface area contributed by atoms with E-state index >= 15 is 0 Å². The number of carbonyl (C=O) groups is 1. The van der Waals surface area contributed by atoms with Crippen LogP contribution in [0.4, 0.5) is 11.4 Å². The van der Waals surface area contributed by atoms with Gasteiger partial charge in [-0.15, -0.1) is 0 Å². The number of fused-ring (bicyclic) bond motifs is 1. The van der Waals surface area contributed by atoms with Gasteiger partial charge in [-0.05, 0) is 61.7 Å². The van der Waals surface area contributed by atoms with E-state index in [0.29, 0.717) is 10.6 Å². The highest BCUT2D eigenvalue weighted by Gasteiger charge is 2.32. The summed E-state index contributed by atoms with van der Waals surface area (Å²) in [5.74, 6) is -0.00831. The van der Waals surface area contributed by atoms with Crippen molar-refractivity contribution in [3.8, 4) is 0 Å². The maximum Gasteiger partial charge on any atom is 0.258 e. The molecule has 0 radical (unpaired) electrons. The fraction of sp³-hybridized carbons (Fsp3) is 0.235. The number of anilines is 2. The lowest BCUT2D eigenvalue weighted by atomic mass is 10.1. The van der Waals surface area contributed by atoms with Crippen LogP contribution in [0.2, 0.25) is 5.02 Å². The molecule has 1 aliphatic heterocycles. The molecular formula is C17H17ClN2O. The fourth-order valence-corrected chi connectivity index (χ4v) is 3.10. The molecule has 1 heterocycles. The van der Waals surface area contributed by atoms with E-state index in [1.807, 2.05) is 49.1 Å². The zero-order valence-corrected chi connectivity index (χ0v) is 12.8. The Morgan fingerprint density at radius 2 is 2.10 bits per heavy atom. The van der Waals surface area contributed by atoms with E-state index in [9.17, 15) is 4.79 Å². The van der Waals surface area contributed by atoms with Crippen molar-refractivity contribution < 1.29 is 4.79 Å². The maximum absolute atomic E-state index is 12.9. The van der Waals surface area contributed by atoms with Crippen LogP contribution in [0.1, 0.15) is 28.4 Å². The highest BCUT2D eigenvalue weighted by atomic mass is 35.5. The van der Waals surface area contributed by atoms with Gasteiger partial charge in [0.05, 0.1) is 0 Å². The van der Waals surface area contributed by atoms with E-state index in [0.717, 1.165) is 28.9 Å². The van der Waals surface area contributed by atoms with Crippen LogP contribution >= 0.6 is 11.6 Å². The predicted octanol–water partition coefficient (Wildman–Crippen LogP) is 3.82. The SMILES string of the molecule is Cc1c(Cl)cccc1C(=O)N1c2ccc(N)cc2CC1C. The number of benzene rings is 2. The number of carbonyl (C=O) groups excluding carboxylic acids is 1. The summed E-state index contributed by atoms with van der Waals surface area (Å²) in [7, 11) is 0. The van der Waals surface area contributed by atoms with Gasteiger partial charge in [0.25, 0.3) is 5.91 Å². The Bertz CT molecular complexity index is 727. The molecule has 4 heteroatoms. The second-order valence-corrected chi connectivity index (χ2v) is 5.94. The molecule has 0 saturated carbocycles. The van der Waals surface area contributed by atoms with Crippen LogP contribution in [0.3, 0.4) is 0 Å². The van der Waals surface area contributed by atoms with Gasteiger partial charge >= 0.3 is 0 Å². The Hall–Kier alpha value is -2.00. The molecule has 21 heavy (non-hydrogen) atoms. The zero-order chi connectivity index (χ0) is 15.1. The van der Waals surface area contributed by atoms with Gasteiger partial charge < -0.3 is 10.6 Å². The Balaban J connectivity index is 2.05. The molecular weight excluding hydrogens is 284 g/mol. The number of hydrogen-bond donors (Lipinski definition) is 1. The van der Waals surface area contributed by atoms with Crippen LogP contribution in [0.5, 0.6) is 0 Å². The molecule has 0 spiro atoms. The third-order valence-corrected chi connectivity index (χ3v) is 4.45. The lowest BCUT2D eigenvalue weighted by Gasteiger charge is -2.24. The number of nitrogens with two attached hydrogens (primary N) is 1. The minimum absolute atomic E-state index is 0.00831. The molecule has 2 N–H and O–H groups in total. The van der Waals surface area contributed by atoms with Gasteiger partial charge in [0.15, 0.2) is 0 Å². The van der Waals surface area contributed by atoms with Crippen molar-refractivity contribution in [2.75, 3.05) is 10.6 Å². The second-order valence-electron chi connectivity index (χ2n) is 5.53. The summed E-state index contributed by atoms with van der Waals surface area (Å²) in [6.07, 6.45) is 0.825. The highest BCUT2D eigenvalue weighted by Crippen LogP contribution is 2.35. The van der Waals surface area contributed by atoms with Gasteiger partial charge in [-0.3, -0.25) is 4.79 Å². The van der Waals surface area contributed by atoms with Crippen molar-refractivity contribution in [3.05, 3.63) is 58.1 Å². The summed E-state index contributed by atoms with van der Waals surface area (Å²) in [5, 5.41) is 0.616. The van der Waals surface area contributed by atoms with E-state index in [2.05, 4.69) is 0 Å². The van der Waals surface area contributed by atoms with Crippen LogP contribution in [-0.4, -0.2) is 11.9 Å². The van der Waals surface area contributed by atoms with E-state index < -0.39 is 0 Å². The Labute approximate surface area is 129 Å². The number of nitrogens with zero attached hydrogens (tertiary/aromatic N) is 1. The maximum atomic E-state index is 12.9. The van der Waals surface area contributed by atoms with Gasteiger partial charge in [-0.1, -0.05) is 17.7 Å². The molecule has 1 aliphatic rings. The van der Waals surface area contributed by atoms with Crippen molar-refractivity contribution in [1.29, 1.82) is 0 Å². The van der Waals surface area contributed by atoms with Crippen LogP contribution in [0.25, 0.3) is 0 Å². The van der Waals surface area contributed by atoms with Crippen LogP contribution in [0.15, 0.2) is 36.4 Å². The molecule has 1 unspecified atom stereocenters. The topological polar surface area (TPSA) is 46.3 Å². The van der Waals surface area contributed by atoms with E-state index in [1.54, 1.807) is 6.07 Å². The first-order valence-corrected chi connectivity index (χ1v) is 7.34. The molecule has 3 rings (SSSR count). The average Bonchev–Trinajstić information content (AvgIpc) is 2.76. The molecule has 2 aromatic carbocycles. The first kappa shape index (κ1) is 14.0. The molecule has 0 saturated heterocycles. The Morgan fingerprint density at radius 1 is 1.33 bits per heavy atom.